The first-order valence-electron chi connectivity index (χ1n) is 4.54. The van der Waals surface area contributed by atoms with E-state index in [9.17, 15) is 9.59 Å². The summed E-state index contributed by atoms with van der Waals surface area (Å²) >= 11 is 0. The quantitative estimate of drug-likeness (QED) is 0.762. The number of hydrogen-bond donors (Lipinski definition) is 2. The summed E-state index contributed by atoms with van der Waals surface area (Å²) in [6.07, 6.45) is 1.83. The van der Waals surface area contributed by atoms with Crippen molar-refractivity contribution in [3.05, 3.63) is 36.0 Å². The molecule has 2 rings (SSSR count). The van der Waals surface area contributed by atoms with Crippen LogP contribution in [-0.4, -0.2) is 22.5 Å². The number of carbonyl (C=O) groups excluding carboxylic acids is 1. The lowest BCUT2D eigenvalue weighted by Crippen LogP contribution is -1.99. The number of rotatable bonds is 3. The fourth-order valence-corrected chi connectivity index (χ4v) is 1.46. The summed E-state index contributed by atoms with van der Waals surface area (Å²) in [6, 6.07) is 6.65. The third kappa shape index (κ3) is 1.70. The summed E-state index contributed by atoms with van der Waals surface area (Å²) in [5, 5.41) is 11.9. The number of aromatic nitrogens is 1. The zero-order valence-electron chi connectivity index (χ0n) is 8.18. The van der Waals surface area contributed by atoms with Crippen LogP contribution in [0.2, 0.25) is 0 Å². The molecule has 0 unspecified atom stereocenters. The molecule has 0 atom stereocenters. The van der Waals surface area contributed by atoms with Gasteiger partial charge < -0.3 is 10.4 Å². The molecule has 5 heteroatoms. The molecule has 2 N–H and O–H groups in total. The maximum Gasteiger partial charge on any atom is 0.337 e. The van der Waals surface area contributed by atoms with Crippen molar-refractivity contribution in [2.24, 2.45) is 0 Å². The Morgan fingerprint density at radius 1 is 1.44 bits per heavy atom. The molecule has 0 aliphatic rings. The van der Waals surface area contributed by atoms with Crippen LogP contribution < -0.4 is 5.32 Å². The van der Waals surface area contributed by atoms with Gasteiger partial charge in [-0.2, -0.15) is 0 Å². The minimum Gasteiger partial charge on any atom is -0.478 e. The summed E-state index contributed by atoms with van der Waals surface area (Å²) in [7, 11) is 0. The lowest BCUT2D eigenvalue weighted by molar-refractivity contribution is -0.105. The molecule has 1 amide bonds. The molecule has 0 fully saturated rings. The molecule has 0 saturated heterocycles. The SMILES string of the molecule is O=CNc1cccc2ncc(C(=O)O)cc12. The number of amides is 1. The number of carboxylic acid groups (broad SMARTS) is 1. The van der Waals surface area contributed by atoms with Gasteiger partial charge in [-0.25, -0.2) is 4.79 Å². The van der Waals surface area contributed by atoms with E-state index < -0.39 is 5.97 Å². The highest BCUT2D eigenvalue weighted by atomic mass is 16.4. The molecule has 1 heterocycles. The van der Waals surface area contributed by atoms with Crippen LogP contribution in [0.4, 0.5) is 5.69 Å². The number of anilines is 1. The highest BCUT2D eigenvalue weighted by Crippen LogP contribution is 2.22. The Hall–Kier alpha value is -2.43. The van der Waals surface area contributed by atoms with Crippen LogP contribution in [0.1, 0.15) is 10.4 Å². The van der Waals surface area contributed by atoms with Crippen LogP contribution in [0.15, 0.2) is 30.5 Å². The van der Waals surface area contributed by atoms with Gasteiger partial charge in [0.2, 0.25) is 6.41 Å². The van der Waals surface area contributed by atoms with E-state index in [-0.39, 0.29) is 5.56 Å². The Bertz CT molecular complexity index is 566. The minimum absolute atomic E-state index is 0.0904. The number of carbonyl (C=O) groups is 2. The molecule has 2 aromatic rings. The van der Waals surface area contributed by atoms with Crippen molar-refractivity contribution in [2.45, 2.75) is 0 Å². The Kier molecular flexibility index (Phi) is 2.51. The summed E-state index contributed by atoms with van der Waals surface area (Å²) in [5.74, 6) is -1.05. The molecule has 1 aromatic heterocycles. The second kappa shape index (κ2) is 3.98. The molecule has 1 aromatic carbocycles. The van der Waals surface area contributed by atoms with Gasteiger partial charge in [0.1, 0.15) is 0 Å². The topological polar surface area (TPSA) is 79.3 Å². The largest absolute Gasteiger partial charge is 0.478 e. The average molecular weight is 216 g/mol. The average Bonchev–Trinajstić information content (AvgIpc) is 2.29. The molecule has 0 aliphatic carbocycles. The number of pyridine rings is 1. The molecule has 0 bridgehead atoms. The molecule has 0 radical (unpaired) electrons. The van der Waals surface area contributed by atoms with E-state index in [2.05, 4.69) is 10.3 Å². The monoisotopic (exact) mass is 216 g/mol. The molecule has 80 valence electrons. The van der Waals surface area contributed by atoms with Gasteiger partial charge in [-0.05, 0) is 18.2 Å². The van der Waals surface area contributed by atoms with Crippen molar-refractivity contribution < 1.29 is 14.7 Å². The van der Waals surface area contributed by atoms with Gasteiger partial charge >= 0.3 is 5.97 Å². The number of aromatic carboxylic acids is 1. The van der Waals surface area contributed by atoms with Gasteiger partial charge in [-0.3, -0.25) is 9.78 Å². The molecule has 0 aliphatic heterocycles. The van der Waals surface area contributed by atoms with Gasteiger partial charge in [0.15, 0.2) is 0 Å². The maximum atomic E-state index is 10.8. The van der Waals surface area contributed by atoms with Crippen molar-refractivity contribution in [3.8, 4) is 0 Å². The van der Waals surface area contributed by atoms with Crippen molar-refractivity contribution in [1.82, 2.24) is 4.98 Å². The van der Waals surface area contributed by atoms with E-state index in [4.69, 9.17) is 5.11 Å². The number of nitrogens with one attached hydrogen (secondary N) is 1. The van der Waals surface area contributed by atoms with Gasteiger partial charge in [-0.1, -0.05) is 6.07 Å². The molecule has 16 heavy (non-hydrogen) atoms. The lowest BCUT2D eigenvalue weighted by atomic mass is 10.1. The Morgan fingerprint density at radius 3 is 2.94 bits per heavy atom. The van der Waals surface area contributed by atoms with E-state index in [1.165, 1.54) is 12.3 Å². The molecular formula is C11H8N2O3. The second-order valence-electron chi connectivity index (χ2n) is 3.16. The van der Waals surface area contributed by atoms with E-state index in [0.717, 1.165) is 0 Å². The van der Waals surface area contributed by atoms with Crippen LogP contribution in [-0.2, 0) is 4.79 Å². The number of fused-ring (bicyclic) bond motifs is 1. The first-order valence-corrected chi connectivity index (χ1v) is 4.54. The number of nitrogens with zero attached hydrogens (tertiary/aromatic N) is 1. The van der Waals surface area contributed by atoms with E-state index in [1.807, 2.05) is 0 Å². The highest BCUT2D eigenvalue weighted by molar-refractivity contribution is 5.99. The van der Waals surface area contributed by atoms with E-state index in [0.29, 0.717) is 23.0 Å². The van der Waals surface area contributed by atoms with Gasteiger partial charge in [0, 0.05) is 17.3 Å². The Balaban J connectivity index is 2.67. The van der Waals surface area contributed by atoms with Crippen molar-refractivity contribution in [1.29, 1.82) is 0 Å². The van der Waals surface area contributed by atoms with Crippen molar-refractivity contribution >= 4 is 29.0 Å². The summed E-state index contributed by atoms with van der Waals surface area (Å²) in [4.78, 5) is 25.2. The zero-order valence-corrected chi connectivity index (χ0v) is 8.18. The Morgan fingerprint density at radius 2 is 2.25 bits per heavy atom. The first-order chi connectivity index (χ1) is 7.72. The van der Waals surface area contributed by atoms with Crippen LogP contribution >= 0.6 is 0 Å². The normalized spacial score (nSPS) is 10.0. The van der Waals surface area contributed by atoms with Crippen LogP contribution in [0.5, 0.6) is 0 Å². The van der Waals surface area contributed by atoms with Gasteiger partial charge in [0.05, 0.1) is 11.1 Å². The summed E-state index contributed by atoms with van der Waals surface area (Å²) in [6.45, 7) is 0. The fraction of sp³-hybridized carbons (Fsp3) is 0. The zero-order chi connectivity index (χ0) is 11.5. The summed E-state index contributed by atoms with van der Waals surface area (Å²) in [5.41, 5.74) is 1.27. The lowest BCUT2D eigenvalue weighted by Gasteiger charge is -2.04. The molecule has 0 saturated carbocycles. The third-order valence-corrected chi connectivity index (χ3v) is 2.19. The van der Waals surface area contributed by atoms with E-state index >= 15 is 0 Å². The van der Waals surface area contributed by atoms with Crippen molar-refractivity contribution in [2.75, 3.05) is 5.32 Å². The van der Waals surface area contributed by atoms with Crippen LogP contribution in [0.25, 0.3) is 10.9 Å². The number of carboxylic acids is 1. The fourth-order valence-electron chi connectivity index (χ4n) is 1.46. The predicted octanol–water partition coefficient (Wildman–Crippen LogP) is 1.50. The van der Waals surface area contributed by atoms with Crippen LogP contribution in [0.3, 0.4) is 0 Å². The standard InChI is InChI=1S/C11H8N2O3/c14-6-13-10-3-1-2-9-8(10)4-7(5-12-9)11(15)16/h1-6H,(H,13,14)(H,15,16). The molecular weight excluding hydrogens is 208 g/mol. The molecule has 0 spiro atoms. The van der Waals surface area contributed by atoms with E-state index in [1.54, 1.807) is 18.2 Å². The van der Waals surface area contributed by atoms with Gasteiger partial charge in [0.25, 0.3) is 0 Å². The van der Waals surface area contributed by atoms with Crippen molar-refractivity contribution in [3.63, 3.8) is 0 Å². The predicted molar refractivity (Wildman–Crippen MR) is 58.4 cm³/mol. The molecule has 5 nitrogen and oxygen atoms in total. The smallest absolute Gasteiger partial charge is 0.337 e. The van der Waals surface area contributed by atoms with Gasteiger partial charge in [-0.15, -0.1) is 0 Å². The second-order valence-corrected chi connectivity index (χ2v) is 3.16. The van der Waals surface area contributed by atoms with Crippen LogP contribution in [0, 0.1) is 0 Å². The highest BCUT2D eigenvalue weighted by Gasteiger charge is 2.07. The number of hydrogen-bond acceptors (Lipinski definition) is 3. The maximum absolute atomic E-state index is 10.8. The minimum atomic E-state index is -1.05. The third-order valence-electron chi connectivity index (χ3n) is 2.19. The number of benzene rings is 1. The Labute approximate surface area is 90.7 Å². The summed E-state index contributed by atoms with van der Waals surface area (Å²) < 4.78 is 0. The first kappa shape index (κ1) is 10.1.